The Bertz CT molecular complexity index is 5120. The Hall–Kier alpha value is -10.8. The maximum Gasteiger partial charge on any atom is 0.227 e. The largest absolute Gasteiger partial charge is 0.383 e. The molecule has 4 heterocycles. The second-order valence-corrected chi connectivity index (χ2v) is 31.2. The van der Waals surface area contributed by atoms with Crippen LogP contribution in [0.15, 0.2) is 237 Å². The number of anilines is 6. The minimum atomic E-state index is -0.215. The van der Waals surface area contributed by atoms with Gasteiger partial charge in [0, 0.05) is 136 Å². The maximum absolute atomic E-state index is 13.6. The van der Waals surface area contributed by atoms with Crippen molar-refractivity contribution in [3.05, 3.63) is 321 Å². The van der Waals surface area contributed by atoms with Crippen LogP contribution in [0.2, 0.25) is 0 Å². The van der Waals surface area contributed by atoms with Crippen molar-refractivity contribution in [3.63, 3.8) is 0 Å². The first kappa shape index (κ1) is 78.5. The summed E-state index contributed by atoms with van der Waals surface area (Å²) in [6.07, 6.45) is 20.6. The van der Waals surface area contributed by atoms with Crippen LogP contribution in [0.3, 0.4) is 0 Å². The second kappa shape index (κ2) is 37.9. The van der Waals surface area contributed by atoms with Crippen molar-refractivity contribution in [2.24, 2.45) is 0 Å². The monoisotopic (exact) mass is 1520 g/mol. The van der Waals surface area contributed by atoms with E-state index >= 15 is 0 Å². The fourth-order valence-corrected chi connectivity index (χ4v) is 16.8. The summed E-state index contributed by atoms with van der Waals surface area (Å²) >= 11 is 0. The van der Waals surface area contributed by atoms with Crippen molar-refractivity contribution in [2.75, 3.05) is 103 Å². The zero-order chi connectivity index (χ0) is 78.1. The van der Waals surface area contributed by atoms with E-state index in [1.54, 1.807) is 7.11 Å². The van der Waals surface area contributed by atoms with Crippen molar-refractivity contribution in [1.82, 2.24) is 49.5 Å². The normalized spacial score (nSPS) is 16.3. The molecule has 584 valence electrons. The fourth-order valence-electron chi connectivity index (χ4n) is 16.8. The summed E-state index contributed by atoms with van der Waals surface area (Å²) in [5, 5.41) is 10.2. The number of ether oxygens (including phenoxy) is 1. The van der Waals surface area contributed by atoms with E-state index in [1.807, 2.05) is 67.1 Å². The molecule has 3 N–H and O–H groups in total. The molecule has 0 bridgehead atoms. The standard InChI is InChI=1S/C33H36FN5O.C33H35FN4.C31H33FN4/c1-40-21-20-39-18-16-38(17-19-39)15-14-24-6-12-28(13-7-24)36-33-35-23-26-22-31(25-8-10-27(34)11-9-25)29-4-2-3-5-30(29)32(26)37-33;1-38(28-7-3-2-4-8-28)20-19-23-11-17-27(18-12-23)36-33-35-22-25-21-31(24-13-15-26(34)16-14-24)29-9-5-6-10-30(29)32(25)37-33;1-3-4-18-36(2)19-17-22-9-15-26(16-10-22)34-31-33-21-24-20-29(23-11-13-25(32)14-12-23)27-7-5-6-8-28(27)30(24)35-31/h2-13,23,31H,14-22H2,1H3,(H,35,36,37);5-6,9-18,22,28,31H,2-4,7-8,19-21H2,1H3,(H,35,36,37);5-16,21,29H,3-4,17-20H2,1-2H3,(H,33,34,35). The van der Waals surface area contributed by atoms with Crippen molar-refractivity contribution in [1.29, 1.82) is 0 Å². The van der Waals surface area contributed by atoms with Gasteiger partial charge >= 0.3 is 0 Å². The lowest BCUT2D eigenvalue weighted by Crippen LogP contribution is -2.47. The summed E-state index contributed by atoms with van der Waals surface area (Å²) in [6.45, 7) is 12.9. The minimum Gasteiger partial charge on any atom is -0.383 e. The number of hydrogen-bond donors (Lipinski definition) is 3. The quantitative estimate of drug-likeness (QED) is 0.0501. The highest BCUT2D eigenvalue weighted by atomic mass is 19.1. The molecule has 2 fully saturated rings. The first-order valence-electron chi connectivity index (χ1n) is 40.9. The molecule has 114 heavy (non-hydrogen) atoms. The lowest BCUT2D eigenvalue weighted by molar-refractivity contribution is 0.0976. The molecule has 9 aromatic carbocycles. The number of piperazine rings is 1. The molecular weight excluding hydrogens is 1420 g/mol. The van der Waals surface area contributed by atoms with Crippen LogP contribution in [-0.4, -0.2) is 142 Å². The third-order valence-electron chi connectivity index (χ3n) is 23.5. The van der Waals surface area contributed by atoms with E-state index in [9.17, 15) is 13.2 Å². The van der Waals surface area contributed by atoms with Crippen LogP contribution < -0.4 is 16.0 Å². The van der Waals surface area contributed by atoms with Crippen molar-refractivity contribution >= 4 is 34.9 Å². The summed E-state index contributed by atoms with van der Waals surface area (Å²) < 4.78 is 45.8. The van der Waals surface area contributed by atoms with Gasteiger partial charge in [-0.2, -0.15) is 0 Å². The summed E-state index contributed by atoms with van der Waals surface area (Å²) in [5.41, 5.74) is 23.5. The van der Waals surface area contributed by atoms with Gasteiger partial charge in [0.05, 0.1) is 23.7 Å². The smallest absolute Gasteiger partial charge is 0.227 e. The third kappa shape index (κ3) is 19.9. The number of hydrogen-bond acceptors (Lipinski definition) is 14. The topological polar surface area (TPSA) is 136 Å². The van der Waals surface area contributed by atoms with Crippen molar-refractivity contribution in [3.8, 4) is 33.8 Å². The summed E-state index contributed by atoms with van der Waals surface area (Å²) in [5.74, 6) is 1.61. The Morgan fingerprint density at radius 2 is 0.772 bits per heavy atom. The van der Waals surface area contributed by atoms with Crippen molar-refractivity contribution < 1.29 is 17.9 Å². The Morgan fingerprint density at radius 1 is 0.412 bits per heavy atom. The van der Waals surface area contributed by atoms with E-state index in [0.29, 0.717) is 17.8 Å². The number of methoxy groups -OCH3 is 1. The first-order chi connectivity index (χ1) is 55.9. The highest BCUT2D eigenvalue weighted by Crippen LogP contribution is 2.46. The van der Waals surface area contributed by atoms with Gasteiger partial charge in [0.2, 0.25) is 17.8 Å². The molecule has 0 radical (unpaired) electrons. The van der Waals surface area contributed by atoms with Gasteiger partial charge in [0.1, 0.15) is 17.5 Å². The summed E-state index contributed by atoms with van der Waals surface area (Å²) in [6, 6.07) is 72.2. The zero-order valence-corrected chi connectivity index (χ0v) is 66.1. The predicted octanol–water partition coefficient (Wildman–Crippen LogP) is 20.0. The summed E-state index contributed by atoms with van der Waals surface area (Å²) in [7, 11) is 6.24. The van der Waals surface area contributed by atoms with Gasteiger partial charge in [-0.1, -0.05) is 178 Å². The third-order valence-corrected chi connectivity index (χ3v) is 23.5. The highest BCUT2D eigenvalue weighted by molar-refractivity contribution is 5.76. The molecule has 17 heteroatoms. The molecule has 12 aromatic rings. The van der Waals surface area contributed by atoms with Crippen LogP contribution in [0.4, 0.5) is 48.1 Å². The van der Waals surface area contributed by atoms with Crippen LogP contribution in [0.25, 0.3) is 33.8 Å². The average molecular weight is 1520 g/mol. The van der Waals surface area contributed by atoms with Crippen LogP contribution in [0.1, 0.15) is 136 Å². The van der Waals surface area contributed by atoms with Crippen LogP contribution in [0, 0.1) is 17.5 Å². The van der Waals surface area contributed by atoms with Crippen LogP contribution >= 0.6 is 0 Å². The van der Waals surface area contributed by atoms with E-state index in [2.05, 4.69) is 205 Å². The lowest BCUT2D eigenvalue weighted by atomic mass is 9.78. The predicted molar refractivity (Wildman–Crippen MR) is 455 cm³/mol. The number of halogens is 3. The molecule has 0 spiro atoms. The second-order valence-electron chi connectivity index (χ2n) is 31.2. The number of unbranched alkanes of at least 4 members (excludes halogenated alkanes) is 1. The van der Waals surface area contributed by atoms with Gasteiger partial charge in [-0.15, -0.1) is 0 Å². The van der Waals surface area contributed by atoms with E-state index in [-0.39, 0.29) is 35.2 Å². The van der Waals surface area contributed by atoms with Crippen molar-refractivity contribution in [2.45, 2.75) is 114 Å². The fraction of sp³-hybridized carbons (Fsp3) is 0.320. The number of aromatic nitrogens is 6. The van der Waals surface area contributed by atoms with Gasteiger partial charge in [-0.05, 0) is 218 Å². The van der Waals surface area contributed by atoms with E-state index in [0.717, 1.165) is 194 Å². The minimum absolute atomic E-state index is 0.152. The number of likely N-dealkylation sites (N-methyl/N-ethyl adjacent to an activating group) is 2. The van der Waals surface area contributed by atoms with Gasteiger partial charge in [0.15, 0.2) is 0 Å². The van der Waals surface area contributed by atoms with Crippen LogP contribution in [-0.2, 0) is 43.3 Å². The molecule has 4 aliphatic carbocycles. The Kier molecular flexibility index (Phi) is 26.1. The molecule has 1 saturated heterocycles. The molecule has 5 aliphatic rings. The molecule has 3 aromatic heterocycles. The molecule has 0 amide bonds. The SMILES string of the molecule is CCCCN(C)CCc1ccc(Nc2ncc3c(n2)-c2ccccc2C(c2ccc(F)cc2)C3)cc1.CN(CCc1ccc(Nc2ncc3c(n2)-c2ccccc2C(c2ccc(F)cc2)C3)cc1)C1CCCCC1.COCCN1CCN(CCc2ccc(Nc3ncc4c(n3)-c3ccccc3C(c3ccc(F)cc3)C4)cc2)CC1. The molecule has 14 nitrogen and oxygen atoms in total. The number of nitrogens with zero attached hydrogens (tertiary/aromatic N) is 10. The van der Waals surface area contributed by atoms with Gasteiger partial charge in [-0.25, -0.2) is 43.1 Å². The van der Waals surface area contributed by atoms with Gasteiger partial charge < -0.3 is 35.4 Å². The van der Waals surface area contributed by atoms with E-state index in [1.165, 1.54) is 115 Å². The Balaban J connectivity index is 0.000000135. The zero-order valence-electron chi connectivity index (χ0n) is 66.1. The molecule has 3 unspecified atom stereocenters. The number of rotatable bonds is 25. The molecule has 1 saturated carbocycles. The van der Waals surface area contributed by atoms with Crippen LogP contribution in [0.5, 0.6) is 0 Å². The molecule has 17 rings (SSSR count). The molecule has 1 aliphatic heterocycles. The maximum atomic E-state index is 13.6. The highest BCUT2D eigenvalue weighted by Gasteiger charge is 2.32. The Labute approximate surface area is 670 Å². The molecule has 3 atom stereocenters. The number of nitrogens with one attached hydrogen (secondary N) is 3. The number of fused-ring (bicyclic) bond motifs is 9. The first-order valence-corrected chi connectivity index (χ1v) is 40.9. The van der Waals surface area contributed by atoms with E-state index < -0.39 is 0 Å². The summed E-state index contributed by atoms with van der Waals surface area (Å²) in [4.78, 5) is 38.7. The van der Waals surface area contributed by atoms with Gasteiger partial charge in [0.25, 0.3) is 0 Å². The Morgan fingerprint density at radius 3 is 1.15 bits per heavy atom. The number of benzene rings is 9. The average Bonchev–Trinajstić information content (AvgIpc) is 0.770. The molecular formula is C97H104F3N13O. The van der Waals surface area contributed by atoms with Gasteiger partial charge in [-0.3, -0.25) is 4.90 Å². The lowest BCUT2D eigenvalue weighted by Gasteiger charge is -2.34. The van der Waals surface area contributed by atoms with E-state index in [4.69, 9.17) is 19.7 Å².